The largest absolute Gasteiger partial charge is 0.507 e. The Labute approximate surface area is 147 Å². The fourth-order valence-electron chi connectivity index (χ4n) is 2.21. The molecule has 0 radical (unpaired) electrons. The number of nitro groups is 1. The minimum atomic E-state index is -0.554. The van der Waals surface area contributed by atoms with Crippen LogP contribution in [-0.2, 0) is 0 Å². The molecule has 1 heterocycles. The van der Waals surface area contributed by atoms with Crippen molar-refractivity contribution in [3.8, 4) is 17.1 Å². The highest BCUT2D eigenvalue weighted by Gasteiger charge is 2.10. The fourth-order valence-corrected chi connectivity index (χ4v) is 2.21. The monoisotopic (exact) mass is 351 g/mol. The summed E-state index contributed by atoms with van der Waals surface area (Å²) < 4.78 is 5.56. The number of hydrazone groups is 1. The molecule has 3 rings (SSSR count). The van der Waals surface area contributed by atoms with Crippen LogP contribution in [0.25, 0.3) is 11.3 Å². The fraction of sp³-hybridized carbons (Fsp3) is 0. The van der Waals surface area contributed by atoms with Crippen LogP contribution in [0, 0.1) is 10.1 Å². The zero-order valence-electron chi connectivity index (χ0n) is 13.3. The number of benzene rings is 2. The van der Waals surface area contributed by atoms with Crippen molar-refractivity contribution in [1.82, 2.24) is 5.43 Å². The van der Waals surface area contributed by atoms with E-state index >= 15 is 0 Å². The molecule has 0 unspecified atom stereocenters. The van der Waals surface area contributed by atoms with Gasteiger partial charge in [-0.1, -0.05) is 12.1 Å². The lowest BCUT2D eigenvalue weighted by molar-refractivity contribution is -0.384. The van der Waals surface area contributed by atoms with Crippen LogP contribution in [0.3, 0.4) is 0 Å². The van der Waals surface area contributed by atoms with E-state index in [0.29, 0.717) is 17.1 Å². The van der Waals surface area contributed by atoms with Crippen LogP contribution in [-0.4, -0.2) is 22.2 Å². The summed E-state index contributed by atoms with van der Waals surface area (Å²) in [5.74, 6) is 0.199. The third kappa shape index (κ3) is 3.75. The number of aromatic hydroxyl groups is 1. The van der Waals surface area contributed by atoms with Gasteiger partial charge in [0.25, 0.3) is 11.6 Å². The topological polar surface area (TPSA) is 118 Å². The number of phenols is 1. The highest BCUT2D eigenvalue weighted by Crippen LogP contribution is 2.24. The highest BCUT2D eigenvalue weighted by molar-refractivity contribution is 5.97. The lowest BCUT2D eigenvalue weighted by Gasteiger charge is -2.01. The van der Waals surface area contributed by atoms with Crippen molar-refractivity contribution in [3.05, 3.63) is 82.1 Å². The van der Waals surface area contributed by atoms with Crippen LogP contribution in [0.4, 0.5) is 5.69 Å². The minimum absolute atomic E-state index is 0.00558. The number of amides is 1. The first kappa shape index (κ1) is 16.9. The van der Waals surface area contributed by atoms with Crippen molar-refractivity contribution in [2.75, 3.05) is 0 Å². The third-order valence-corrected chi connectivity index (χ3v) is 3.50. The number of non-ortho nitro benzene ring substituents is 1. The van der Waals surface area contributed by atoms with Crippen molar-refractivity contribution in [2.24, 2.45) is 5.10 Å². The molecule has 0 bridgehead atoms. The van der Waals surface area contributed by atoms with Gasteiger partial charge in [0, 0.05) is 17.7 Å². The number of nitro benzene ring substituents is 1. The standard InChI is InChI=1S/C18H13N3O5/c22-16-4-2-1-3-15(16)18(23)20-19-11-14-9-10-17(26-14)12-5-7-13(8-6-12)21(24)25/h1-11,22H,(H,20,23)/b19-11+. The minimum Gasteiger partial charge on any atom is -0.507 e. The summed E-state index contributed by atoms with van der Waals surface area (Å²) >= 11 is 0. The Morgan fingerprint density at radius 2 is 1.85 bits per heavy atom. The predicted molar refractivity (Wildman–Crippen MR) is 94.0 cm³/mol. The molecule has 8 heteroatoms. The van der Waals surface area contributed by atoms with Crippen LogP contribution in [0.15, 0.2) is 70.2 Å². The summed E-state index contributed by atoms with van der Waals surface area (Å²) in [4.78, 5) is 22.1. The lowest BCUT2D eigenvalue weighted by atomic mass is 10.1. The molecule has 1 amide bonds. The number of hydrogen-bond donors (Lipinski definition) is 2. The third-order valence-electron chi connectivity index (χ3n) is 3.50. The molecule has 2 N–H and O–H groups in total. The molecule has 0 atom stereocenters. The number of nitrogens with one attached hydrogen (secondary N) is 1. The molecule has 0 saturated heterocycles. The Balaban J connectivity index is 1.66. The zero-order valence-corrected chi connectivity index (χ0v) is 13.3. The number of hydrogen-bond acceptors (Lipinski definition) is 6. The van der Waals surface area contributed by atoms with E-state index in [1.807, 2.05) is 0 Å². The van der Waals surface area contributed by atoms with Gasteiger partial charge >= 0.3 is 0 Å². The van der Waals surface area contributed by atoms with E-state index in [9.17, 15) is 20.0 Å². The van der Waals surface area contributed by atoms with Gasteiger partial charge < -0.3 is 9.52 Å². The first-order valence-corrected chi connectivity index (χ1v) is 7.50. The number of furan rings is 1. The highest BCUT2D eigenvalue weighted by atomic mass is 16.6. The smallest absolute Gasteiger partial charge is 0.275 e. The van der Waals surface area contributed by atoms with E-state index < -0.39 is 10.8 Å². The van der Waals surface area contributed by atoms with Gasteiger partial charge in [-0.05, 0) is 36.4 Å². The Kier molecular flexibility index (Phi) is 4.75. The van der Waals surface area contributed by atoms with Gasteiger partial charge in [-0.3, -0.25) is 14.9 Å². The molecule has 2 aromatic carbocycles. The van der Waals surface area contributed by atoms with E-state index in [4.69, 9.17) is 4.42 Å². The van der Waals surface area contributed by atoms with E-state index in [2.05, 4.69) is 10.5 Å². The van der Waals surface area contributed by atoms with Gasteiger partial charge in [0.2, 0.25) is 0 Å². The van der Waals surface area contributed by atoms with E-state index in [0.717, 1.165) is 0 Å². The van der Waals surface area contributed by atoms with Gasteiger partial charge in [0.1, 0.15) is 17.3 Å². The summed E-state index contributed by atoms with van der Waals surface area (Å²) in [6, 6.07) is 15.4. The molecule has 8 nitrogen and oxygen atoms in total. The molecule has 1 aromatic heterocycles. The van der Waals surface area contributed by atoms with Crippen LogP contribution in [0.5, 0.6) is 5.75 Å². The van der Waals surface area contributed by atoms with Crippen LogP contribution < -0.4 is 5.43 Å². The second-order valence-electron chi connectivity index (χ2n) is 5.22. The maximum absolute atomic E-state index is 11.9. The first-order valence-electron chi connectivity index (χ1n) is 7.50. The summed E-state index contributed by atoms with van der Waals surface area (Å²) in [7, 11) is 0. The van der Waals surface area contributed by atoms with Crippen molar-refractivity contribution >= 4 is 17.8 Å². The lowest BCUT2D eigenvalue weighted by Crippen LogP contribution is -2.17. The molecule has 0 saturated carbocycles. The maximum atomic E-state index is 11.9. The SMILES string of the molecule is O=C(N/N=C/c1ccc(-c2ccc([N+](=O)[O-])cc2)o1)c1ccccc1O. The molecular formula is C18H13N3O5. The average Bonchev–Trinajstić information content (AvgIpc) is 3.11. The molecular weight excluding hydrogens is 338 g/mol. The van der Waals surface area contributed by atoms with Crippen molar-refractivity contribution in [1.29, 1.82) is 0 Å². The van der Waals surface area contributed by atoms with Gasteiger partial charge in [0.05, 0.1) is 16.7 Å². The van der Waals surface area contributed by atoms with E-state index in [-0.39, 0.29) is 17.0 Å². The Bertz CT molecular complexity index is 977. The Hall–Kier alpha value is -3.94. The summed E-state index contributed by atoms with van der Waals surface area (Å²) in [5, 5.41) is 24.1. The molecule has 0 aliphatic rings. The van der Waals surface area contributed by atoms with Crippen molar-refractivity contribution < 1.29 is 19.2 Å². The van der Waals surface area contributed by atoms with Crippen LogP contribution in [0.1, 0.15) is 16.1 Å². The second-order valence-corrected chi connectivity index (χ2v) is 5.22. The van der Waals surface area contributed by atoms with Gasteiger partial charge in [-0.15, -0.1) is 0 Å². The molecule has 26 heavy (non-hydrogen) atoms. The molecule has 0 spiro atoms. The Morgan fingerprint density at radius 3 is 2.54 bits per heavy atom. The number of nitrogens with zero attached hydrogens (tertiary/aromatic N) is 2. The first-order chi connectivity index (χ1) is 12.5. The molecule has 3 aromatic rings. The number of phenolic OH excluding ortho intramolecular Hbond substituents is 1. The molecule has 130 valence electrons. The molecule has 0 fully saturated rings. The average molecular weight is 351 g/mol. The number of carbonyl (C=O) groups is 1. The summed E-state index contributed by atoms with van der Waals surface area (Å²) in [6.07, 6.45) is 1.31. The second kappa shape index (κ2) is 7.31. The van der Waals surface area contributed by atoms with Gasteiger partial charge in [0.15, 0.2) is 0 Å². The van der Waals surface area contributed by atoms with Gasteiger partial charge in [-0.2, -0.15) is 5.10 Å². The predicted octanol–water partition coefficient (Wildman–Crippen LogP) is 3.32. The maximum Gasteiger partial charge on any atom is 0.275 e. The van der Waals surface area contributed by atoms with Gasteiger partial charge in [-0.25, -0.2) is 5.43 Å². The number of carbonyl (C=O) groups excluding carboxylic acids is 1. The normalized spacial score (nSPS) is 10.8. The zero-order chi connectivity index (χ0) is 18.5. The van der Waals surface area contributed by atoms with E-state index in [1.54, 1.807) is 36.4 Å². The van der Waals surface area contributed by atoms with E-state index in [1.165, 1.54) is 30.5 Å². The number of rotatable bonds is 5. The number of para-hydroxylation sites is 1. The van der Waals surface area contributed by atoms with Crippen LogP contribution in [0.2, 0.25) is 0 Å². The van der Waals surface area contributed by atoms with Crippen molar-refractivity contribution in [2.45, 2.75) is 0 Å². The quantitative estimate of drug-likeness (QED) is 0.415. The Morgan fingerprint density at radius 1 is 1.12 bits per heavy atom. The molecule has 0 aliphatic heterocycles. The molecule has 0 aliphatic carbocycles. The summed E-state index contributed by atoms with van der Waals surface area (Å²) in [6.45, 7) is 0. The van der Waals surface area contributed by atoms with Crippen LogP contribution >= 0.6 is 0 Å². The van der Waals surface area contributed by atoms with Crippen molar-refractivity contribution in [3.63, 3.8) is 0 Å². The summed E-state index contributed by atoms with van der Waals surface area (Å²) in [5.41, 5.74) is 3.07.